The topological polar surface area (TPSA) is 124 Å². The Morgan fingerprint density at radius 2 is 1.81 bits per heavy atom. The van der Waals surface area contributed by atoms with E-state index < -0.39 is 24.1 Å². The number of carbonyl (C=O) groups excluding carboxylic acids is 3. The van der Waals surface area contributed by atoms with Gasteiger partial charge in [0.25, 0.3) is 5.91 Å². The minimum absolute atomic E-state index is 0.251. The molecule has 0 radical (unpaired) electrons. The third-order valence-electron chi connectivity index (χ3n) is 4.12. The first-order valence-electron chi connectivity index (χ1n) is 9.72. The lowest BCUT2D eigenvalue weighted by molar-refractivity contribution is -0.150. The third-order valence-corrected chi connectivity index (χ3v) is 4.45. The van der Waals surface area contributed by atoms with Gasteiger partial charge in [-0.25, -0.2) is 14.8 Å². The highest BCUT2D eigenvalue weighted by atomic mass is 35.5. The molecule has 1 unspecified atom stereocenters. The Bertz CT molecular complexity index is 1180. The SMILES string of the molecule is CC(=O)OC(C)C(=O)Nc1ccc(Cl)c(-c2cn3cc(NC(=O)OC(C)C)cnc3n2)c1. The van der Waals surface area contributed by atoms with Crippen LogP contribution in [-0.4, -0.2) is 44.5 Å². The van der Waals surface area contributed by atoms with Crippen LogP contribution < -0.4 is 10.6 Å². The van der Waals surface area contributed by atoms with E-state index in [-0.39, 0.29) is 6.10 Å². The molecule has 0 spiro atoms. The first-order chi connectivity index (χ1) is 15.1. The van der Waals surface area contributed by atoms with Gasteiger partial charge in [-0.15, -0.1) is 0 Å². The highest BCUT2D eigenvalue weighted by Gasteiger charge is 2.17. The summed E-state index contributed by atoms with van der Waals surface area (Å²) in [5, 5.41) is 5.69. The van der Waals surface area contributed by atoms with Gasteiger partial charge in [-0.2, -0.15) is 0 Å². The summed E-state index contributed by atoms with van der Waals surface area (Å²) < 4.78 is 11.6. The minimum Gasteiger partial charge on any atom is -0.453 e. The maximum absolute atomic E-state index is 12.2. The number of nitrogens with one attached hydrogen (secondary N) is 2. The number of fused-ring (bicyclic) bond motifs is 1. The summed E-state index contributed by atoms with van der Waals surface area (Å²) in [4.78, 5) is 43.7. The second-order valence-corrected chi connectivity index (χ2v) is 7.60. The van der Waals surface area contributed by atoms with Crippen molar-refractivity contribution in [1.29, 1.82) is 0 Å². The number of amides is 2. The van der Waals surface area contributed by atoms with Gasteiger partial charge in [-0.1, -0.05) is 11.6 Å². The normalized spacial score (nSPS) is 11.8. The van der Waals surface area contributed by atoms with Crippen molar-refractivity contribution in [3.63, 3.8) is 0 Å². The minimum atomic E-state index is -0.945. The molecule has 0 fully saturated rings. The predicted octanol–water partition coefficient (Wildman–Crippen LogP) is 3.90. The van der Waals surface area contributed by atoms with Crippen molar-refractivity contribution in [2.75, 3.05) is 10.6 Å². The molecule has 32 heavy (non-hydrogen) atoms. The molecule has 0 saturated carbocycles. The molecule has 2 heterocycles. The summed E-state index contributed by atoms with van der Waals surface area (Å²) in [6.07, 6.45) is 3.01. The number of ether oxygens (including phenoxy) is 2. The van der Waals surface area contributed by atoms with Gasteiger partial charge < -0.3 is 14.8 Å². The highest BCUT2D eigenvalue weighted by Crippen LogP contribution is 2.30. The van der Waals surface area contributed by atoms with E-state index in [4.69, 9.17) is 21.1 Å². The van der Waals surface area contributed by atoms with Crippen LogP contribution in [0.15, 0.2) is 36.8 Å². The number of halogens is 1. The average molecular weight is 460 g/mol. The highest BCUT2D eigenvalue weighted by molar-refractivity contribution is 6.33. The molecule has 0 bridgehead atoms. The zero-order valence-electron chi connectivity index (χ0n) is 17.9. The van der Waals surface area contributed by atoms with Crippen LogP contribution in [0.25, 0.3) is 17.0 Å². The van der Waals surface area contributed by atoms with E-state index in [1.54, 1.807) is 48.8 Å². The smallest absolute Gasteiger partial charge is 0.411 e. The Labute approximate surface area is 188 Å². The second kappa shape index (κ2) is 9.65. The van der Waals surface area contributed by atoms with E-state index in [0.717, 1.165) is 0 Å². The molecule has 168 valence electrons. The lowest BCUT2D eigenvalue weighted by atomic mass is 10.1. The maximum Gasteiger partial charge on any atom is 0.411 e. The van der Waals surface area contributed by atoms with Crippen molar-refractivity contribution < 1.29 is 23.9 Å². The summed E-state index contributed by atoms with van der Waals surface area (Å²) in [6.45, 7) is 6.21. The van der Waals surface area contributed by atoms with Crippen LogP contribution in [0.1, 0.15) is 27.7 Å². The van der Waals surface area contributed by atoms with Gasteiger partial charge in [0.2, 0.25) is 5.78 Å². The number of imidazole rings is 1. The van der Waals surface area contributed by atoms with Crippen molar-refractivity contribution in [1.82, 2.24) is 14.4 Å². The molecule has 10 nitrogen and oxygen atoms in total. The molecule has 1 aromatic carbocycles. The fourth-order valence-corrected chi connectivity index (χ4v) is 3.00. The standard InChI is InChI=1S/C21H22ClN5O5/c1-11(2)31-21(30)25-15-8-23-20-26-18(10-27(20)9-15)16-7-14(5-6-17(16)22)24-19(29)12(3)32-13(4)28/h5-12H,1-4H3,(H,24,29)(H,25,30). The number of nitrogens with zero attached hydrogens (tertiary/aromatic N) is 3. The van der Waals surface area contributed by atoms with E-state index >= 15 is 0 Å². The summed E-state index contributed by atoms with van der Waals surface area (Å²) >= 11 is 6.35. The molecule has 11 heteroatoms. The van der Waals surface area contributed by atoms with E-state index in [9.17, 15) is 14.4 Å². The summed E-state index contributed by atoms with van der Waals surface area (Å²) in [7, 11) is 0. The third kappa shape index (κ3) is 5.73. The molecule has 2 aromatic heterocycles. The molecule has 0 saturated heterocycles. The van der Waals surface area contributed by atoms with Gasteiger partial charge >= 0.3 is 12.1 Å². The second-order valence-electron chi connectivity index (χ2n) is 7.19. The average Bonchev–Trinajstić information content (AvgIpc) is 3.11. The van der Waals surface area contributed by atoms with Gasteiger partial charge in [0.15, 0.2) is 6.10 Å². The lowest BCUT2D eigenvalue weighted by Crippen LogP contribution is -2.29. The quantitative estimate of drug-likeness (QED) is 0.535. The van der Waals surface area contributed by atoms with Crippen LogP contribution in [0.2, 0.25) is 5.02 Å². The van der Waals surface area contributed by atoms with Crippen molar-refractivity contribution in [3.05, 3.63) is 41.8 Å². The monoisotopic (exact) mass is 459 g/mol. The molecule has 3 rings (SSSR count). The van der Waals surface area contributed by atoms with E-state index in [1.165, 1.54) is 20.0 Å². The van der Waals surface area contributed by atoms with Gasteiger partial charge in [-0.05, 0) is 39.0 Å². The lowest BCUT2D eigenvalue weighted by Gasteiger charge is -2.13. The molecule has 0 aliphatic carbocycles. The molecule has 0 aliphatic rings. The number of esters is 1. The Kier molecular flexibility index (Phi) is 6.94. The fourth-order valence-electron chi connectivity index (χ4n) is 2.79. The van der Waals surface area contributed by atoms with E-state index in [2.05, 4.69) is 20.6 Å². The predicted molar refractivity (Wildman–Crippen MR) is 119 cm³/mol. The van der Waals surface area contributed by atoms with Crippen LogP contribution in [0.5, 0.6) is 0 Å². The van der Waals surface area contributed by atoms with Crippen LogP contribution in [0.3, 0.4) is 0 Å². The molecule has 2 amide bonds. The number of carbonyl (C=O) groups is 3. The number of hydrogen-bond acceptors (Lipinski definition) is 7. The molecular weight excluding hydrogens is 438 g/mol. The summed E-state index contributed by atoms with van der Waals surface area (Å²) in [6, 6.07) is 4.90. The van der Waals surface area contributed by atoms with E-state index in [0.29, 0.717) is 33.4 Å². The maximum atomic E-state index is 12.2. The van der Waals surface area contributed by atoms with E-state index in [1.807, 2.05) is 0 Å². The van der Waals surface area contributed by atoms with Crippen LogP contribution in [-0.2, 0) is 19.1 Å². The van der Waals surface area contributed by atoms with Crippen LogP contribution >= 0.6 is 11.6 Å². The number of anilines is 2. The van der Waals surface area contributed by atoms with Gasteiger partial charge in [0.1, 0.15) is 0 Å². The van der Waals surface area contributed by atoms with Gasteiger partial charge in [-0.3, -0.25) is 19.3 Å². The van der Waals surface area contributed by atoms with Gasteiger partial charge in [0, 0.05) is 30.6 Å². The van der Waals surface area contributed by atoms with Crippen LogP contribution in [0.4, 0.5) is 16.2 Å². The van der Waals surface area contributed by atoms with Crippen molar-refractivity contribution >= 4 is 46.7 Å². The van der Waals surface area contributed by atoms with Crippen LogP contribution in [0, 0.1) is 0 Å². The molecule has 1 atom stereocenters. The Morgan fingerprint density at radius 3 is 2.50 bits per heavy atom. The van der Waals surface area contributed by atoms with Crippen molar-refractivity contribution in [2.45, 2.75) is 39.9 Å². The zero-order chi connectivity index (χ0) is 23.4. The van der Waals surface area contributed by atoms with Gasteiger partial charge in [0.05, 0.1) is 28.7 Å². The Hall–Kier alpha value is -3.66. The van der Waals surface area contributed by atoms with Crippen molar-refractivity contribution in [3.8, 4) is 11.3 Å². The Morgan fingerprint density at radius 1 is 1.06 bits per heavy atom. The molecule has 3 aromatic rings. The number of hydrogen-bond donors (Lipinski definition) is 2. The summed E-state index contributed by atoms with van der Waals surface area (Å²) in [5.74, 6) is -0.640. The fraction of sp³-hybridized carbons (Fsp3) is 0.286. The largest absolute Gasteiger partial charge is 0.453 e. The summed E-state index contributed by atoms with van der Waals surface area (Å²) in [5.41, 5.74) is 1.95. The zero-order valence-corrected chi connectivity index (χ0v) is 18.6. The molecule has 2 N–H and O–H groups in total. The molecular formula is C21H22ClN5O5. The first-order valence-corrected chi connectivity index (χ1v) is 10.1. The number of aromatic nitrogens is 3. The Balaban J connectivity index is 1.83. The number of benzene rings is 1. The number of rotatable bonds is 6. The molecule has 0 aliphatic heterocycles. The van der Waals surface area contributed by atoms with Crippen molar-refractivity contribution in [2.24, 2.45) is 0 Å². The first kappa shape index (κ1) is 23.0.